The average Bonchev–Trinajstić information content (AvgIpc) is 1.84. The Kier molecular flexibility index (Phi) is 1.85. The molecule has 0 bridgehead atoms. The molecule has 0 aliphatic carbocycles. The van der Waals surface area contributed by atoms with Gasteiger partial charge in [-0.2, -0.15) is 9.37 Å². The maximum atomic E-state index is 12.5. The maximum Gasteiger partial charge on any atom is 0.247 e. The van der Waals surface area contributed by atoms with Crippen LogP contribution in [0.25, 0.3) is 0 Å². The van der Waals surface area contributed by atoms with Crippen molar-refractivity contribution in [3.05, 3.63) is 16.2 Å². The molecule has 0 saturated carbocycles. The van der Waals surface area contributed by atoms with Gasteiger partial charge in [0.15, 0.2) is 4.60 Å². The third-order valence-corrected chi connectivity index (χ3v) is 1.53. The van der Waals surface area contributed by atoms with Crippen LogP contribution in [0.15, 0.2) is 4.60 Å². The van der Waals surface area contributed by atoms with E-state index in [-0.39, 0.29) is 10.4 Å². The molecule has 2 N–H and O–H groups in total. The maximum absolute atomic E-state index is 12.5. The van der Waals surface area contributed by atoms with Crippen molar-refractivity contribution in [2.45, 2.75) is 6.92 Å². The molecule has 0 saturated heterocycles. The van der Waals surface area contributed by atoms with Crippen LogP contribution in [0.1, 0.15) is 5.69 Å². The predicted molar refractivity (Wildman–Crippen MR) is 38.8 cm³/mol. The van der Waals surface area contributed by atoms with Crippen LogP contribution in [-0.2, 0) is 0 Å². The van der Waals surface area contributed by atoms with Gasteiger partial charge in [0.05, 0.1) is 5.69 Å². The average molecular weight is 206 g/mol. The molecule has 1 rings (SSSR count). The number of anilines is 1. The molecule has 1 aromatic rings. The molecule has 5 heteroatoms. The zero-order valence-corrected chi connectivity index (χ0v) is 6.81. The third-order valence-electron chi connectivity index (χ3n) is 1.03. The summed E-state index contributed by atoms with van der Waals surface area (Å²) in [6.45, 7) is 1.66. The topological polar surface area (TPSA) is 51.8 Å². The fourth-order valence-electron chi connectivity index (χ4n) is 0.483. The first-order valence-corrected chi connectivity index (χ1v) is 3.35. The Morgan fingerprint density at radius 1 is 1.50 bits per heavy atom. The van der Waals surface area contributed by atoms with Crippen molar-refractivity contribution in [2.75, 3.05) is 5.73 Å². The Labute approximate surface area is 65.6 Å². The van der Waals surface area contributed by atoms with Gasteiger partial charge in [-0.15, -0.1) is 0 Å². The highest BCUT2D eigenvalue weighted by Crippen LogP contribution is 2.13. The molecule has 0 aromatic carbocycles. The quantitative estimate of drug-likeness (QED) is 0.695. The number of halogens is 2. The van der Waals surface area contributed by atoms with Gasteiger partial charge in [0, 0.05) is 0 Å². The Morgan fingerprint density at radius 2 is 2.10 bits per heavy atom. The van der Waals surface area contributed by atoms with E-state index in [0.29, 0.717) is 5.69 Å². The zero-order valence-electron chi connectivity index (χ0n) is 5.23. The second-order valence-corrected chi connectivity index (χ2v) is 2.53. The smallest absolute Gasteiger partial charge is 0.247 e. The van der Waals surface area contributed by atoms with Gasteiger partial charge in [-0.25, -0.2) is 4.98 Å². The molecule has 0 spiro atoms. The molecule has 54 valence electrons. The Bertz CT molecular complexity index is 213. The van der Waals surface area contributed by atoms with Crippen molar-refractivity contribution in [1.29, 1.82) is 0 Å². The van der Waals surface area contributed by atoms with Gasteiger partial charge in [0.1, 0.15) is 5.82 Å². The molecule has 10 heavy (non-hydrogen) atoms. The molecule has 0 radical (unpaired) electrons. The molecule has 1 aromatic heterocycles. The minimum absolute atomic E-state index is 0.0965. The van der Waals surface area contributed by atoms with Crippen LogP contribution in [0.4, 0.5) is 10.2 Å². The van der Waals surface area contributed by atoms with E-state index in [1.54, 1.807) is 6.92 Å². The van der Waals surface area contributed by atoms with Gasteiger partial charge < -0.3 is 5.73 Å². The summed E-state index contributed by atoms with van der Waals surface area (Å²) in [5.41, 5.74) is 5.78. The van der Waals surface area contributed by atoms with Gasteiger partial charge in [-0.05, 0) is 22.9 Å². The second kappa shape index (κ2) is 2.49. The van der Waals surface area contributed by atoms with E-state index in [1.165, 1.54) is 0 Å². The minimum Gasteiger partial charge on any atom is -0.382 e. The van der Waals surface area contributed by atoms with Gasteiger partial charge in [-0.1, -0.05) is 0 Å². The first-order chi connectivity index (χ1) is 4.61. The van der Waals surface area contributed by atoms with Crippen LogP contribution in [0.5, 0.6) is 0 Å². The van der Waals surface area contributed by atoms with Crippen LogP contribution < -0.4 is 5.73 Å². The van der Waals surface area contributed by atoms with Crippen molar-refractivity contribution in [3.8, 4) is 0 Å². The Morgan fingerprint density at radius 3 is 2.60 bits per heavy atom. The van der Waals surface area contributed by atoms with Crippen LogP contribution in [0.2, 0.25) is 0 Å². The molecule has 0 aliphatic heterocycles. The van der Waals surface area contributed by atoms with Crippen molar-refractivity contribution in [1.82, 2.24) is 9.97 Å². The van der Waals surface area contributed by atoms with Crippen LogP contribution in [0, 0.1) is 12.9 Å². The summed E-state index contributed by atoms with van der Waals surface area (Å²) in [5.74, 6) is -0.552. The van der Waals surface area contributed by atoms with E-state index >= 15 is 0 Å². The summed E-state index contributed by atoms with van der Waals surface area (Å²) in [4.78, 5) is 7.10. The molecule has 0 amide bonds. The SMILES string of the molecule is Cc1nc(Br)c(F)nc1N. The van der Waals surface area contributed by atoms with Crippen LogP contribution in [0.3, 0.4) is 0 Å². The van der Waals surface area contributed by atoms with E-state index in [0.717, 1.165) is 0 Å². The lowest BCUT2D eigenvalue weighted by Gasteiger charge is -1.97. The molecular weight excluding hydrogens is 201 g/mol. The summed E-state index contributed by atoms with van der Waals surface area (Å²) >= 11 is 2.88. The molecule has 0 unspecified atom stereocenters. The molecule has 3 nitrogen and oxygen atoms in total. The van der Waals surface area contributed by atoms with Crippen molar-refractivity contribution in [2.24, 2.45) is 0 Å². The van der Waals surface area contributed by atoms with Crippen molar-refractivity contribution >= 4 is 21.7 Å². The summed E-state index contributed by atoms with van der Waals surface area (Å²) in [6, 6.07) is 0. The highest BCUT2D eigenvalue weighted by atomic mass is 79.9. The third kappa shape index (κ3) is 1.23. The fraction of sp³-hybridized carbons (Fsp3) is 0.200. The van der Waals surface area contributed by atoms with E-state index in [1.807, 2.05) is 0 Å². The molecule has 1 heterocycles. The monoisotopic (exact) mass is 205 g/mol. The summed E-state index contributed by atoms with van der Waals surface area (Å²) in [6.07, 6.45) is 0. The Balaban J connectivity index is 3.28. The first-order valence-electron chi connectivity index (χ1n) is 2.56. The summed E-state index contributed by atoms with van der Waals surface area (Å²) in [7, 11) is 0. The molecular formula is C5H5BrFN3. The van der Waals surface area contributed by atoms with E-state index in [9.17, 15) is 4.39 Å². The standard InChI is InChI=1S/C5H5BrFN3/c1-2-5(8)10-4(7)3(6)9-2/h1H3,(H2,8,10). The summed E-state index contributed by atoms with van der Waals surface area (Å²) in [5, 5.41) is 0. The van der Waals surface area contributed by atoms with Gasteiger partial charge in [0.25, 0.3) is 0 Å². The normalized spacial score (nSPS) is 9.90. The van der Waals surface area contributed by atoms with E-state index < -0.39 is 5.95 Å². The lowest BCUT2D eigenvalue weighted by atomic mass is 10.5. The fourth-order valence-corrected chi connectivity index (χ4v) is 0.838. The lowest BCUT2D eigenvalue weighted by molar-refractivity contribution is 0.568. The number of nitrogen functional groups attached to an aromatic ring is 1. The predicted octanol–water partition coefficient (Wildman–Crippen LogP) is 1.27. The van der Waals surface area contributed by atoms with Gasteiger partial charge in [-0.3, -0.25) is 0 Å². The van der Waals surface area contributed by atoms with Gasteiger partial charge in [0.2, 0.25) is 5.95 Å². The number of aromatic nitrogens is 2. The van der Waals surface area contributed by atoms with E-state index in [4.69, 9.17) is 5.73 Å². The minimum atomic E-state index is -0.678. The van der Waals surface area contributed by atoms with Crippen molar-refractivity contribution in [3.63, 3.8) is 0 Å². The Hall–Kier alpha value is -0.710. The van der Waals surface area contributed by atoms with E-state index in [2.05, 4.69) is 25.9 Å². The second-order valence-electron chi connectivity index (χ2n) is 1.78. The van der Waals surface area contributed by atoms with Crippen LogP contribution >= 0.6 is 15.9 Å². The number of hydrogen-bond acceptors (Lipinski definition) is 3. The first kappa shape index (κ1) is 7.40. The number of nitrogens with zero attached hydrogens (tertiary/aromatic N) is 2. The molecule has 0 fully saturated rings. The largest absolute Gasteiger partial charge is 0.382 e. The van der Waals surface area contributed by atoms with Gasteiger partial charge >= 0.3 is 0 Å². The zero-order chi connectivity index (χ0) is 7.72. The number of hydrogen-bond donors (Lipinski definition) is 1. The lowest BCUT2D eigenvalue weighted by Crippen LogP contribution is -2.00. The number of rotatable bonds is 0. The highest BCUT2D eigenvalue weighted by molar-refractivity contribution is 9.10. The summed E-state index contributed by atoms with van der Waals surface area (Å²) < 4.78 is 12.6. The number of nitrogens with two attached hydrogens (primary N) is 1. The number of aryl methyl sites for hydroxylation is 1. The highest BCUT2D eigenvalue weighted by Gasteiger charge is 2.04. The molecule has 0 atom stereocenters. The van der Waals surface area contributed by atoms with Crippen molar-refractivity contribution < 1.29 is 4.39 Å². The van der Waals surface area contributed by atoms with Crippen LogP contribution in [-0.4, -0.2) is 9.97 Å². The molecule has 0 aliphatic rings.